The lowest BCUT2D eigenvalue weighted by Crippen LogP contribution is -2.46. The molecule has 164 valence electrons. The maximum absolute atomic E-state index is 13.6. The molecule has 1 N–H and O–H groups in total. The maximum Gasteiger partial charge on any atom is 0.265 e. The van der Waals surface area contributed by atoms with Crippen LogP contribution in [0.15, 0.2) is 72.8 Å². The number of anilines is 2. The van der Waals surface area contributed by atoms with E-state index in [0.29, 0.717) is 17.9 Å². The van der Waals surface area contributed by atoms with Crippen molar-refractivity contribution in [2.24, 2.45) is 0 Å². The van der Waals surface area contributed by atoms with Gasteiger partial charge in [-0.25, -0.2) is 5.01 Å². The summed E-state index contributed by atoms with van der Waals surface area (Å²) in [6.45, 7) is 0. The smallest absolute Gasteiger partial charge is 0.265 e. The van der Waals surface area contributed by atoms with Gasteiger partial charge in [-0.15, -0.1) is 0 Å². The van der Waals surface area contributed by atoms with Gasteiger partial charge >= 0.3 is 0 Å². The molecule has 0 saturated carbocycles. The highest BCUT2D eigenvalue weighted by Gasteiger charge is 2.48. The monoisotopic (exact) mass is 429 g/mol. The van der Waals surface area contributed by atoms with Gasteiger partial charge in [0.05, 0.1) is 19.9 Å². The van der Waals surface area contributed by atoms with Crippen molar-refractivity contribution in [3.05, 3.63) is 83.9 Å². The average Bonchev–Trinajstić information content (AvgIpc) is 3.10. The van der Waals surface area contributed by atoms with E-state index >= 15 is 0 Å². The molecule has 1 fully saturated rings. The zero-order valence-electron chi connectivity index (χ0n) is 18.3. The molecule has 2 heterocycles. The molecule has 1 unspecified atom stereocenters. The number of benzene rings is 3. The van der Waals surface area contributed by atoms with Crippen LogP contribution in [0.4, 0.5) is 11.4 Å². The Morgan fingerprint density at radius 3 is 2.47 bits per heavy atom. The lowest BCUT2D eigenvalue weighted by atomic mass is 9.96. The van der Waals surface area contributed by atoms with Crippen LogP contribution in [0.1, 0.15) is 17.5 Å². The molecule has 2 aliphatic rings. The fraction of sp³-hybridized carbons (Fsp3) is 0.269. The number of carbonyl (C=O) groups excluding carboxylic acids is 1. The van der Waals surface area contributed by atoms with Crippen LogP contribution in [0.25, 0.3) is 0 Å². The standard InChI is InChI=1S/C26H27N3O3/c1-31-23-15-12-18(16-24(23)32-2)17-25-28-21-11-7-6-8-19(21)13-14-22(28)26(30)29(25)27-20-9-4-3-5-10-20/h3-12,15-16,22,25,27H,13-14,17H2,1-2H3/t22?,25-/m1/s1. The van der Waals surface area contributed by atoms with Gasteiger partial charge in [-0.1, -0.05) is 42.5 Å². The molecular weight excluding hydrogens is 402 g/mol. The fourth-order valence-electron chi connectivity index (χ4n) is 4.81. The number of hydrogen-bond donors (Lipinski definition) is 1. The van der Waals surface area contributed by atoms with Crippen molar-refractivity contribution in [1.29, 1.82) is 0 Å². The molecule has 0 aliphatic carbocycles. The van der Waals surface area contributed by atoms with E-state index in [4.69, 9.17) is 9.47 Å². The first kappa shape index (κ1) is 20.2. The van der Waals surface area contributed by atoms with Gasteiger partial charge in [0, 0.05) is 12.1 Å². The van der Waals surface area contributed by atoms with Gasteiger partial charge < -0.3 is 14.4 Å². The Bertz CT molecular complexity index is 1120. The van der Waals surface area contributed by atoms with Crippen molar-refractivity contribution in [3.8, 4) is 11.5 Å². The molecular formula is C26H27N3O3. The van der Waals surface area contributed by atoms with Crippen molar-refractivity contribution in [2.75, 3.05) is 24.5 Å². The molecule has 0 spiro atoms. The van der Waals surface area contributed by atoms with Crippen LogP contribution in [-0.2, 0) is 17.6 Å². The first-order valence-electron chi connectivity index (χ1n) is 10.9. The molecule has 3 aromatic rings. The van der Waals surface area contributed by atoms with Crippen LogP contribution in [0.2, 0.25) is 0 Å². The Balaban J connectivity index is 1.54. The highest BCUT2D eigenvalue weighted by Crippen LogP contribution is 2.39. The number of para-hydroxylation sites is 2. The predicted octanol–water partition coefficient (Wildman–Crippen LogP) is 4.26. The minimum absolute atomic E-state index is 0.105. The van der Waals surface area contributed by atoms with Crippen LogP contribution >= 0.6 is 0 Å². The number of ether oxygens (including phenoxy) is 2. The average molecular weight is 430 g/mol. The third kappa shape index (κ3) is 3.51. The summed E-state index contributed by atoms with van der Waals surface area (Å²) in [6.07, 6.45) is 2.19. The number of hydrogen-bond acceptors (Lipinski definition) is 5. The summed E-state index contributed by atoms with van der Waals surface area (Å²) in [5, 5.41) is 1.80. The summed E-state index contributed by atoms with van der Waals surface area (Å²) in [7, 11) is 3.27. The first-order chi connectivity index (χ1) is 15.7. The number of amides is 1. The van der Waals surface area contributed by atoms with E-state index in [0.717, 1.165) is 29.8 Å². The van der Waals surface area contributed by atoms with Crippen molar-refractivity contribution in [1.82, 2.24) is 5.01 Å². The van der Waals surface area contributed by atoms with E-state index in [1.807, 2.05) is 54.6 Å². The zero-order chi connectivity index (χ0) is 22.1. The van der Waals surface area contributed by atoms with E-state index in [1.165, 1.54) is 5.56 Å². The Hall–Kier alpha value is -3.67. The van der Waals surface area contributed by atoms with Crippen molar-refractivity contribution in [2.45, 2.75) is 31.5 Å². The third-order valence-electron chi connectivity index (χ3n) is 6.32. The minimum atomic E-state index is -0.175. The second-order valence-electron chi connectivity index (χ2n) is 8.15. The van der Waals surface area contributed by atoms with E-state index in [9.17, 15) is 4.79 Å². The van der Waals surface area contributed by atoms with Crippen molar-refractivity contribution >= 4 is 17.3 Å². The summed E-state index contributed by atoms with van der Waals surface area (Å²) in [5.41, 5.74) is 7.78. The number of rotatable bonds is 6. The predicted molar refractivity (Wildman–Crippen MR) is 125 cm³/mol. The largest absolute Gasteiger partial charge is 0.493 e. The molecule has 2 atom stereocenters. The summed E-state index contributed by atoms with van der Waals surface area (Å²) in [5.74, 6) is 1.49. The van der Waals surface area contributed by atoms with E-state index in [2.05, 4.69) is 28.5 Å². The number of carbonyl (C=O) groups is 1. The van der Waals surface area contributed by atoms with Crippen LogP contribution in [0.5, 0.6) is 11.5 Å². The number of nitrogens with one attached hydrogen (secondary N) is 1. The summed E-state index contributed by atoms with van der Waals surface area (Å²) in [4.78, 5) is 15.8. The summed E-state index contributed by atoms with van der Waals surface area (Å²) in [6, 6.07) is 24.0. The van der Waals surface area contributed by atoms with Gasteiger partial charge in [-0.05, 0) is 54.3 Å². The van der Waals surface area contributed by atoms with E-state index in [-0.39, 0.29) is 18.1 Å². The van der Waals surface area contributed by atoms with Crippen LogP contribution in [0, 0.1) is 0 Å². The number of fused-ring (bicyclic) bond motifs is 3. The molecule has 5 rings (SSSR count). The molecule has 0 bridgehead atoms. The molecule has 0 radical (unpaired) electrons. The van der Waals surface area contributed by atoms with Crippen molar-refractivity contribution < 1.29 is 14.3 Å². The normalized spacial score (nSPS) is 19.4. The van der Waals surface area contributed by atoms with Crippen LogP contribution in [-0.4, -0.2) is 37.3 Å². The number of methoxy groups -OCH3 is 2. The molecule has 0 aromatic heterocycles. The fourth-order valence-corrected chi connectivity index (χ4v) is 4.81. The summed E-state index contributed by atoms with van der Waals surface area (Å²) < 4.78 is 10.9. The van der Waals surface area contributed by atoms with Gasteiger partial charge in [-0.2, -0.15) is 0 Å². The Morgan fingerprint density at radius 1 is 0.938 bits per heavy atom. The lowest BCUT2D eigenvalue weighted by molar-refractivity contribution is -0.128. The summed E-state index contributed by atoms with van der Waals surface area (Å²) >= 11 is 0. The first-order valence-corrected chi connectivity index (χ1v) is 10.9. The zero-order valence-corrected chi connectivity index (χ0v) is 18.3. The van der Waals surface area contributed by atoms with E-state index in [1.54, 1.807) is 19.2 Å². The Morgan fingerprint density at radius 2 is 1.69 bits per heavy atom. The topological polar surface area (TPSA) is 54.0 Å². The lowest BCUT2D eigenvalue weighted by Gasteiger charge is -2.37. The van der Waals surface area contributed by atoms with Crippen LogP contribution in [0.3, 0.4) is 0 Å². The van der Waals surface area contributed by atoms with Gasteiger partial charge in [0.15, 0.2) is 11.5 Å². The van der Waals surface area contributed by atoms with Gasteiger partial charge in [-0.3, -0.25) is 10.2 Å². The molecule has 32 heavy (non-hydrogen) atoms. The van der Waals surface area contributed by atoms with Crippen LogP contribution < -0.4 is 19.8 Å². The highest BCUT2D eigenvalue weighted by atomic mass is 16.5. The Labute approximate surface area is 188 Å². The molecule has 2 aliphatic heterocycles. The number of aryl methyl sites for hydroxylation is 1. The quantitative estimate of drug-likeness (QED) is 0.635. The second-order valence-corrected chi connectivity index (χ2v) is 8.15. The maximum atomic E-state index is 13.6. The van der Waals surface area contributed by atoms with Gasteiger partial charge in [0.25, 0.3) is 5.91 Å². The van der Waals surface area contributed by atoms with Gasteiger partial charge in [0.1, 0.15) is 12.2 Å². The van der Waals surface area contributed by atoms with E-state index < -0.39 is 0 Å². The molecule has 1 saturated heterocycles. The molecule has 1 amide bonds. The molecule has 6 heteroatoms. The SMILES string of the molecule is COc1ccc(C[C@H]2N(Nc3ccccc3)C(=O)C3CCc4ccccc4N32)cc1OC. The highest BCUT2D eigenvalue weighted by molar-refractivity contribution is 5.91. The van der Waals surface area contributed by atoms with Gasteiger partial charge in [0.2, 0.25) is 0 Å². The Kier molecular flexibility index (Phi) is 5.35. The minimum Gasteiger partial charge on any atom is -0.493 e. The van der Waals surface area contributed by atoms with Crippen molar-refractivity contribution in [3.63, 3.8) is 0 Å². The molecule has 6 nitrogen and oxygen atoms in total. The number of nitrogens with zero attached hydrogens (tertiary/aromatic N) is 2. The third-order valence-corrected chi connectivity index (χ3v) is 6.32. The molecule has 3 aromatic carbocycles. The second kappa shape index (κ2) is 8.46. The number of hydrazine groups is 1.